The van der Waals surface area contributed by atoms with Gasteiger partial charge in [-0.15, -0.1) is 0 Å². The summed E-state index contributed by atoms with van der Waals surface area (Å²) in [5.41, 5.74) is 2.39. The third-order valence-electron chi connectivity index (χ3n) is 3.70. The Morgan fingerprint density at radius 1 is 1.47 bits per heavy atom. The number of aromatic carboxylic acids is 1. The van der Waals surface area contributed by atoms with Crippen LogP contribution in [0.1, 0.15) is 35.8 Å². The highest BCUT2D eigenvalue weighted by molar-refractivity contribution is 6.02. The van der Waals surface area contributed by atoms with Gasteiger partial charge in [0, 0.05) is 30.2 Å². The number of benzene rings is 1. The first kappa shape index (κ1) is 12.2. The fourth-order valence-electron chi connectivity index (χ4n) is 2.60. The van der Waals surface area contributed by atoms with Crippen molar-refractivity contribution in [3.05, 3.63) is 35.5 Å². The highest BCUT2D eigenvalue weighted by Crippen LogP contribution is 2.25. The van der Waals surface area contributed by atoms with Gasteiger partial charge in [0.25, 0.3) is 0 Å². The number of carbonyl (C=O) groups is 1. The van der Waals surface area contributed by atoms with Crippen molar-refractivity contribution >= 4 is 16.9 Å². The number of fused-ring (bicyclic) bond motifs is 1. The molecule has 3 rings (SSSR count). The Bertz CT molecular complexity index is 626. The average Bonchev–Trinajstić information content (AvgIpc) is 3.15. The molecule has 1 aromatic carbocycles. The van der Waals surface area contributed by atoms with Gasteiger partial charge in [0.2, 0.25) is 0 Å². The number of nitrogens with zero attached hydrogens (tertiary/aromatic N) is 1. The van der Waals surface area contributed by atoms with E-state index in [1.807, 2.05) is 12.1 Å². The maximum Gasteiger partial charge on any atom is 0.337 e. The summed E-state index contributed by atoms with van der Waals surface area (Å²) in [4.78, 5) is 11.3. The fraction of sp³-hybridized carbons (Fsp3) is 0.400. The second-order valence-corrected chi connectivity index (χ2v) is 5.08. The number of para-hydroxylation sites is 1. The van der Waals surface area contributed by atoms with Gasteiger partial charge in [0.1, 0.15) is 0 Å². The Morgan fingerprint density at radius 2 is 2.26 bits per heavy atom. The molecule has 0 atom stereocenters. The largest absolute Gasteiger partial charge is 0.478 e. The second kappa shape index (κ2) is 4.70. The minimum absolute atomic E-state index is 0.386. The predicted molar refractivity (Wildman–Crippen MR) is 74.4 cm³/mol. The smallest absolute Gasteiger partial charge is 0.337 e. The van der Waals surface area contributed by atoms with Crippen molar-refractivity contribution < 1.29 is 9.90 Å². The minimum atomic E-state index is -0.861. The Kier molecular flexibility index (Phi) is 3.03. The highest BCUT2D eigenvalue weighted by atomic mass is 16.4. The number of aromatic nitrogens is 1. The van der Waals surface area contributed by atoms with Crippen LogP contribution < -0.4 is 5.32 Å². The van der Waals surface area contributed by atoms with Crippen LogP contribution in [0.4, 0.5) is 0 Å². The monoisotopic (exact) mass is 258 g/mol. The van der Waals surface area contributed by atoms with Gasteiger partial charge < -0.3 is 15.0 Å². The molecule has 0 bridgehead atoms. The number of carboxylic acid groups (broad SMARTS) is 1. The van der Waals surface area contributed by atoms with Crippen molar-refractivity contribution in [1.29, 1.82) is 0 Å². The Balaban J connectivity index is 2.07. The molecule has 1 aromatic heterocycles. The number of aryl methyl sites for hydroxylation is 1. The van der Waals surface area contributed by atoms with E-state index in [2.05, 4.69) is 22.9 Å². The van der Waals surface area contributed by atoms with Crippen molar-refractivity contribution in [3.63, 3.8) is 0 Å². The molecular weight excluding hydrogens is 240 g/mol. The van der Waals surface area contributed by atoms with Gasteiger partial charge in [-0.2, -0.15) is 0 Å². The topological polar surface area (TPSA) is 54.3 Å². The lowest BCUT2D eigenvalue weighted by Crippen LogP contribution is -2.18. The van der Waals surface area contributed by atoms with Crippen molar-refractivity contribution in [2.24, 2.45) is 0 Å². The number of rotatable bonds is 5. The van der Waals surface area contributed by atoms with Crippen LogP contribution in [0.3, 0.4) is 0 Å². The Morgan fingerprint density at radius 3 is 2.89 bits per heavy atom. The zero-order chi connectivity index (χ0) is 13.4. The molecule has 4 heteroatoms. The first-order valence-electron chi connectivity index (χ1n) is 6.78. The quantitative estimate of drug-likeness (QED) is 0.866. The first-order valence-corrected chi connectivity index (χ1v) is 6.78. The molecule has 0 unspecified atom stereocenters. The van der Waals surface area contributed by atoms with E-state index in [0.717, 1.165) is 29.7 Å². The van der Waals surface area contributed by atoms with E-state index in [1.54, 1.807) is 6.07 Å². The van der Waals surface area contributed by atoms with E-state index < -0.39 is 5.97 Å². The third kappa shape index (κ3) is 2.24. The van der Waals surface area contributed by atoms with E-state index in [4.69, 9.17) is 0 Å². The summed E-state index contributed by atoms with van der Waals surface area (Å²) in [6.07, 6.45) is 2.51. The molecule has 0 aliphatic heterocycles. The predicted octanol–water partition coefficient (Wildman–Crippen LogP) is 2.61. The molecule has 0 spiro atoms. The van der Waals surface area contributed by atoms with Crippen molar-refractivity contribution in [2.75, 3.05) is 0 Å². The lowest BCUT2D eigenvalue weighted by atomic mass is 10.1. The summed E-state index contributed by atoms with van der Waals surface area (Å²) >= 11 is 0. The SMILES string of the molecule is CCn1c(CNC2CC2)cc2cccc(C(=O)O)c21. The van der Waals surface area contributed by atoms with Crippen LogP contribution in [0, 0.1) is 0 Å². The summed E-state index contributed by atoms with van der Waals surface area (Å²) in [7, 11) is 0. The van der Waals surface area contributed by atoms with E-state index in [9.17, 15) is 9.90 Å². The summed E-state index contributed by atoms with van der Waals surface area (Å²) in [6.45, 7) is 3.65. The van der Waals surface area contributed by atoms with Crippen molar-refractivity contribution in [2.45, 2.75) is 38.9 Å². The van der Waals surface area contributed by atoms with Crippen molar-refractivity contribution in [1.82, 2.24) is 9.88 Å². The van der Waals surface area contributed by atoms with Crippen LogP contribution in [0.25, 0.3) is 10.9 Å². The molecular formula is C15H18N2O2. The molecule has 2 aromatic rings. The molecule has 1 aliphatic carbocycles. The van der Waals surface area contributed by atoms with Gasteiger partial charge in [-0.25, -0.2) is 4.79 Å². The number of hydrogen-bond donors (Lipinski definition) is 2. The third-order valence-corrected chi connectivity index (χ3v) is 3.70. The maximum absolute atomic E-state index is 11.3. The van der Waals surface area contributed by atoms with Gasteiger partial charge in [-0.1, -0.05) is 12.1 Å². The van der Waals surface area contributed by atoms with Gasteiger partial charge in [0.05, 0.1) is 11.1 Å². The van der Waals surface area contributed by atoms with E-state index >= 15 is 0 Å². The van der Waals surface area contributed by atoms with Crippen LogP contribution in [0.2, 0.25) is 0 Å². The summed E-state index contributed by atoms with van der Waals surface area (Å²) in [5.74, 6) is -0.861. The molecule has 0 saturated heterocycles. The first-order chi connectivity index (χ1) is 9.20. The zero-order valence-corrected chi connectivity index (χ0v) is 11.0. The standard InChI is InChI=1S/C15H18N2O2/c1-2-17-12(9-16-11-6-7-11)8-10-4-3-5-13(14(10)17)15(18)19/h3-5,8,11,16H,2,6-7,9H2,1H3,(H,18,19). The van der Waals surface area contributed by atoms with E-state index in [-0.39, 0.29) is 0 Å². The van der Waals surface area contributed by atoms with Crippen LogP contribution in [0.5, 0.6) is 0 Å². The zero-order valence-electron chi connectivity index (χ0n) is 11.0. The summed E-state index contributed by atoms with van der Waals surface area (Å²) < 4.78 is 2.11. The van der Waals surface area contributed by atoms with Gasteiger partial charge >= 0.3 is 5.97 Å². The van der Waals surface area contributed by atoms with Gasteiger partial charge in [-0.3, -0.25) is 0 Å². The van der Waals surface area contributed by atoms with Crippen molar-refractivity contribution in [3.8, 4) is 0 Å². The van der Waals surface area contributed by atoms with E-state index in [0.29, 0.717) is 11.6 Å². The van der Waals surface area contributed by atoms with E-state index in [1.165, 1.54) is 12.8 Å². The van der Waals surface area contributed by atoms with Crippen LogP contribution in [0.15, 0.2) is 24.3 Å². The number of hydrogen-bond acceptors (Lipinski definition) is 2. The lowest BCUT2D eigenvalue weighted by molar-refractivity contribution is 0.0698. The normalized spacial score (nSPS) is 15.0. The number of carboxylic acids is 1. The van der Waals surface area contributed by atoms with Gasteiger partial charge in [0.15, 0.2) is 0 Å². The van der Waals surface area contributed by atoms with Crippen LogP contribution in [-0.2, 0) is 13.1 Å². The molecule has 1 fully saturated rings. The number of nitrogens with one attached hydrogen (secondary N) is 1. The summed E-state index contributed by atoms with van der Waals surface area (Å²) in [6, 6.07) is 8.22. The van der Waals surface area contributed by atoms with Crippen LogP contribution >= 0.6 is 0 Å². The van der Waals surface area contributed by atoms with Crippen LogP contribution in [-0.4, -0.2) is 21.7 Å². The fourth-order valence-corrected chi connectivity index (χ4v) is 2.60. The Labute approximate surface area is 112 Å². The molecule has 4 nitrogen and oxygen atoms in total. The molecule has 100 valence electrons. The minimum Gasteiger partial charge on any atom is -0.478 e. The maximum atomic E-state index is 11.3. The Hall–Kier alpha value is -1.81. The molecule has 0 radical (unpaired) electrons. The molecule has 1 aliphatic rings. The molecule has 0 amide bonds. The van der Waals surface area contributed by atoms with Gasteiger partial charge in [-0.05, 0) is 31.9 Å². The molecule has 1 heterocycles. The summed E-state index contributed by atoms with van der Waals surface area (Å²) in [5, 5.41) is 13.8. The molecule has 1 saturated carbocycles. The molecule has 2 N–H and O–H groups in total. The average molecular weight is 258 g/mol. The lowest BCUT2D eigenvalue weighted by Gasteiger charge is -2.10. The second-order valence-electron chi connectivity index (χ2n) is 5.08. The highest BCUT2D eigenvalue weighted by Gasteiger charge is 2.21. The molecule has 19 heavy (non-hydrogen) atoms.